The maximum Gasteiger partial charge on any atom is 0.323 e. The van der Waals surface area contributed by atoms with E-state index in [0.717, 1.165) is 21.4 Å². The second kappa shape index (κ2) is 5.69. The SMILES string of the molecule is Cc1ccc(NC(=O)Nc2ccc(Br)cc2)cc1. The molecule has 18 heavy (non-hydrogen) atoms. The number of anilines is 2. The van der Waals surface area contributed by atoms with Crippen molar-refractivity contribution in [3.63, 3.8) is 0 Å². The van der Waals surface area contributed by atoms with Crippen LogP contribution >= 0.6 is 15.9 Å². The van der Waals surface area contributed by atoms with Gasteiger partial charge in [0.15, 0.2) is 0 Å². The quantitative estimate of drug-likeness (QED) is 0.848. The predicted molar refractivity (Wildman–Crippen MR) is 78.0 cm³/mol. The summed E-state index contributed by atoms with van der Waals surface area (Å²) >= 11 is 3.34. The van der Waals surface area contributed by atoms with Gasteiger partial charge in [-0.25, -0.2) is 4.79 Å². The number of urea groups is 1. The summed E-state index contributed by atoms with van der Waals surface area (Å²) in [7, 11) is 0. The van der Waals surface area contributed by atoms with Crippen LogP contribution in [0.2, 0.25) is 0 Å². The molecule has 0 atom stereocenters. The number of carbonyl (C=O) groups is 1. The van der Waals surface area contributed by atoms with E-state index < -0.39 is 0 Å². The standard InChI is InChI=1S/C14H13BrN2O/c1-10-2-6-12(7-3-10)16-14(18)17-13-8-4-11(15)5-9-13/h2-9H,1H3,(H2,16,17,18). The Hall–Kier alpha value is -1.81. The van der Waals surface area contributed by atoms with Crippen LogP contribution in [0, 0.1) is 6.92 Å². The minimum Gasteiger partial charge on any atom is -0.308 e. The number of hydrogen-bond donors (Lipinski definition) is 2. The maximum absolute atomic E-state index is 11.7. The predicted octanol–water partition coefficient (Wildman–Crippen LogP) is 4.40. The van der Waals surface area contributed by atoms with Crippen molar-refractivity contribution in [2.75, 3.05) is 10.6 Å². The minimum absolute atomic E-state index is 0.249. The highest BCUT2D eigenvalue weighted by Crippen LogP contribution is 2.15. The van der Waals surface area contributed by atoms with Crippen molar-refractivity contribution in [3.05, 3.63) is 58.6 Å². The van der Waals surface area contributed by atoms with E-state index in [-0.39, 0.29) is 6.03 Å². The van der Waals surface area contributed by atoms with Gasteiger partial charge in [-0.05, 0) is 43.3 Å². The molecule has 0 aromatic heterocycles. The Kier molecular flexibility index (Phi) is 3.99. The largest absolute Gasteiger partial charge is 0.323 e. The highest BCUT2D eigenvalue weighted by atomic mass is 79.9. The molecule has 92 valence electrons. The normalized spacial score (nSPS) is 9.89. The van der Waals surface area contributed by atoms with Gasteiger partial charge < -0.3 is 10.6 Å². The van der Waals surface area contributed by atoms with Gasteiger partial charge in [-0.3, -0.25) is 0 Å². The van der Waals surface area contributed by atoms with Gasteiger partial charge in [0, 0.05) is 15.8 Å². The lowest BCUT2D eigenvalue weighted by Gasteiger charge is -2.07. The van der Waals surface area contributed by atoms with E-state index in [1.165, 1.54) is 0 Å². The van der Waals surface area contributed by atoms with Gasteiger partial charge >= 0.3 is 6.03 Å². The van der Waals surface area contributed by atoms with E-state index in [2.05, 4.69) is 26.6 Å². The Bertz CT molecular complexity index is 485. The number of halogens is 1. The second-order valence-corrected chi connectivity index (χ2v) is 4.87. The molecule has 0 saturated heterocycles. The topological polar surface area (TPSA) is 41.1 Å². The van der Waals surface area contributed by atoms with Crippen molar-refractivity contribution in [3.8, 4) is 0 Å². The van der Waals surface area contributed by atoms with Gasteiger partial charge in [-0.1, -0.05) is 33.6 Å². The van der Waals surface area contributed by atoms with Crippen molar-refractivity contribution in [1.29, 1.82) is 0 Å². The molecule has 0 spiro atoms. The molecule has 2 rings (SSSR count). The second-order valence-electron chi connectivity index (χ2n) is 3.95. The van der Waals surface area contributed by atoms with Crippen molar-refractivity contribution in [2.24, 2.45) is 0 Å². The van der Waals surface area contributed by atoms with Gasteiger partial charge in [-0.2, -0.15) is 0 Å². The summed E-state index contributed by atoms with van der Waals surface area (Å²) in [5, 5.41) is 5.53. The molecule has 2 aromatic rings. The van der Waals surface area contributed by atoms with Crippen LogP contribution in [0.4, 0.5) is 16.2 Å². The zero-order chi connectivity index (χ0) is 13.0. The number of aryl methyl sites for hydroxylation is 1. The summed E-state index contributed by atoms with van der Waals surface area (Å²) in [6.07, 6.45) is 0. The molecule has 0 saturated carbocycles. The maximum atomic E-state index is 11.7. The van der Waals surface area contributed by atoms with E-state index in [1.54, 1.807) is 0 Å². The number of rotatable bonds is 2. The Balaban J connectivity index is 1.96. The molecular weight excluding hydrogens is 292 g/mol. The summed E-state index contributed by atoms with van der Waals surface area (Å²) in [4.78, 5) is 11.7. The summed E-state index contributed by atoms with van der Waals surface area (Å²) in [5.41, 5.74) is 2.69. The Morgan fingerprint density at radius 3 is 1.83 bits per heavy atom. The number of hydrogen-bond acceptors (Lipinski definition) is 1. The Morgan fingerprint density at radius 2 is 1.33 bits per heavy atom. The summed E-state index contributed by atoms with van der Waals surface area (Å²) in [6.45, 7) is 2.01. The van der Waals surface area contributed by atoms with Crippen LogP contribution < -0.4 is 10.6 Å². The molecule has 0 heterocycles. The van der Waals surface area contributed by atoms with Gasteiger partial charge in [0.25, 0.3) is 0 Å². The van der Waals surface area contributed by atoms with Gasteiger partial charge in [-0.15, -0.1) is 0 Å². The molecule has 2 N–H and O–H groups in total. The molecule has 2 aromatic carbocycles. The molecule has 4 heteroatoms. The lowest BCUT2D eigenvalue weighted by molar-refractivity contribution is 0.262. The number of nitrogens with one attached hydrogen (secondary N) is 2. The van der Waals surface area contributed by atoms with E-state index in [9.17, 15) is 4.79 Å². The first kappa shape index (κ1) is 12.6. The number of benzene rings is 2. The Morgan fingerprint density at radius 1 is 0.889 bits per heavy atom. The first-order valence-electron chi connectivity index (χ1n) is 5.54. The first-order chi connectivity index (χ1) is 8.63. The average molecular weight is 305 g/mol. The fraction of sp³-hybridized carbons (Fsp3) is 0.0714. The van der Waals surface area contributed by atoms with Crippen LogP contribution in [-0.4, -0.2) is 6.03 Å². The molecule has 0 aliphatic rings. The van der Waals surface area contributed by atoms with Crippen LogP contribution in [0.15, 0.2) is 53.0 Å². The van der Waals surface area contributed by atoms with E-state index in [1.807, 2.05) is 55.5 Å². The van der Waals surface area contributed by atoms with Crippen molar-refractivity contribution < 1.29 is 4.79 Å². The van der Waals surface area contributed by atoms with Crippen molar-refractivity contribution >= 4 is 33.3 Å². The van der Waals surface area contributed by atoms with E-state index in [0.29, 0.717) is 0 Å². The number of carbonyl (C=O) groups excluding carboxylic acids is 1. The average Bonchev–Trinajstić information content (AvgIpc) is 2.35. The third kappa shape index (κ3) is 3.60. The van der Waals surface area contributed by atoms with Crippen LogP contribution in [0.3, 0.4) is 0 Å². The molecule has 0 fully saturated rings. The fourth-order valence-corrected chi connectivity index (χ4v) is 1.73. The highest BCUT2D eigenvalue weighted by molar-refractivity contribution is 9.10. The minimum atomic E-state index is -0.249. The van der Waals surface area contributed by atoms with Gasteiger partial charge in [0.2, 0.25) is 0 Å². The number of amides is 2. The van der Waals surface area contributed by atoms with Crippen molar-refractivity contribution in [1.82, 2.24) is 0 Å². The molecule has 0 radical (unpaired) electrons. The van der Waals surface area contributed by atoms with Crippen LogP contribution in [-0.2, 0) is 0 Å². The van der Waals surface area contributed by atoms with E-state index in [4.69, 9.17) is 0 Å². The molecule has 0 bridgehead atoms. The fourth-order valence-electron chi connectivity index (χ4n) is 1.46. The van der Waals surface area contributed by atoms with Gasteiger partial charge in [0.05, 0.1) is 0 Å². The Labute approximate surface area is 114 Å². The zero-order valence-corrected chi connectivity index (χ0v) is 11.5. The highest BCUT2D eigenvalue weighted by Gasteiger charge is 2.02. The van der Waals surface area contributed by atoms with Crippen LogP contribution in [0.5, 0.6) is 0 Å². The third-order valence-corrected chi connectivity index (χ3v) is 2.94. The molecule has 0 aliphatic carbocycles. The monoisotopic (exact) mass is 304 g/mol. The molecule has 0 aliphatic heterocycles. The zero-order valence-electron chi connectivity index (χ0n) is 9.91. The summed E-state index contributed by atoms with van der Waals surface area (Å²) in [6, 6.07) is 14.8. The third-order valence-electron chi connectivity index (χ3n) is 2.41. The molecule has 0 unspecified atom stereocenters. The summed E-state index contributed by atoms with van der Waals surface area (Å²) in [5.74, 6) is 0. The smallest absolute Gasteiger partial charge is 0.308 e. The van der Waals surface area contributed by atoms with Crippen LogP contribution in [0.25, 0.3) is 0 Å². The molecular formula is C14H13BrN2O. The lowest BCUT2D eigenvalue weighted by Crippen LogP contribution is -2.19. The van der Waals surface area contributed by atoms with Gasteiger partial charge in [0.1, 0.15) is 0 Å². The molecule has 2 amide bonds. The van der Waals surface area contributed by atoms with Crippen molar-refractivity contribution in [2.45, 2.75) is 6.92 Å². The van der Waals surface area contributed by atoms with E-state index >= 15 is 0 Å². The summed E-state index contributed by atoms with van der Waals surface area (Å²) < 4.78 is 0.979. The lowest BCUT2D eigenvalue weighted by atomic mass is 10.2. The molecule has 3 nitrogen and oxygen atoms in total. The first-order valence-corrected chi connectivity index (χ1v) is 6.33. The van der Waals surface area contributed by atoms with Crippen LogP contribution in [0.1, 0.15) is 5.56 Å².